The van der Waals surface area contributed by atoms with Gasteiger partial charge in [-0.1, -0.05) is 29.8 Å². The fraction of sp³-hybridized carbons (Fsp3) is 0.0800. The highest BCUT2D eigenvalue weighted by molar-refractivity contribution is 6.31. The van der Waals surface area contributed by atoms with Crippen molar-refractivity contribution in [3.8, 4) is 22.9 Å². The second-order valence-electron chi connectivity index (χ2n) is 6.91. The SMILES string of the molecule is CCOc1ccc(Oc2ccc(Cl)cc2NC(=O)c2ccc(=O)n(-c3ccccc3)n2)cc1. The lowest BCUT2D eigenvalue weighted by Crippen LogP contribution is -2.24. The molecular weight excluding hydrogens is 442 g/mol. The largest absolute Gasteiger partial charge is 0.494 e. The van der Waals surface area contributed by atoms with Crippen molar-refractivity contribution in [1.82, 2.24) is 9.78 Å². The maximum absolute atomic E-state index is 12.9. The van der Waals surface area contributed by atoms with Gasteiger partial charge in [0.05, 0.1) is 18.0 Å². The first-order valence-electron chi connectivity index (χ1n) is 10.2. The van der Waals surface area contributed by atoms with Crippen LogP contribution in [0.15, 0.2) is 89.7 Å². The Bertz CT molecular complexity index is 1320. The molecule has 0 saturated heterocycles. The van der Waals surface area contributed by atoms with Crippen molar-refractivity contribution in [2.75, 3.05) is 11.9 Å². The van der Waals surface area contributed by atoms with Gasteiger partial charge < -0.3 is 14.8 Å². The zero-order chi connectivity index (χ0) is 23.2. The van der Waals surface area contributed by atoms with Gasteiger partial charge in [-0.15, -0.1) is 0 Å². The van der Waals surface area contributed by atoms with Crippen LogP contribution in [-0.4, -0.2) is 22.3 Å². The molecule has 1 N–H and O–H groups in total. The first-order valence-corrected chi connectivity index (χ1v) is 10.6. The van der Waals surface area contributed by atoms with Crippen LogP contribution in [0.3, 0.4) is 0 Å². The number of carbonyl (C=O) groups excluding carboxylic acids is 1. The first-order chi connectivity index (χ1) is 16.0. The molecule has 166 valence electrons. The van der Waals surface area contributed by atoms with Crippen molar-refractivity contribution in [2.45, 2.75) is 6.92 Å². The number of nitrogens with one attached hydrogen (secondary N) is 1. The van der Waals surface area contributed by atoms with E-state index in [1.54, 1.807) is 66.7 Å². The summed E-state index contributed by atoms with van der Waals surface area (Å²) in [5.74, 6) is 1.17. The van der Waals surface area contributed by atoms with Gasteiger partial charge in [-0.25, -0.2) is 0 Å². The van der Waals surface area contributed by atoms with Crippen LogP contribution in [0.25, 0.3) is 5.69 Å². The summed E-state index contributed by atoms with van der Waals surface area (Å²) < 4.78 is 12.6. The molecule has 4 aromatic rings. The highest BCUT2D eigenvalue weighted by atomic mass is 35.5. The van der Waals surface area contributed by atoms with E-state index in [1.807, 2.05) is 13.0 Å². The van der Waals surface area contributed by atoms with Crippen LogP contribution in [-0.2, 0) is 0 Å². The Morgan fingerprint density at radius 3 is 2.42 bits per heavy atom. The van der Waals surface area contributed by atoms with Crippen molar-refractivity contribution >= 4 is 23.2 Å². The highest BCUT2D eigenvalue weighted by Crippen LogP contribution is 2.33. The highest BCUT2D eigenvalue weighted by Gasteiger charge is 2.15. The molecule has 8 heteroatoms. The minimum absolute atomic E-state index is 0.0606. The molecule has 1 aromatic heterocycles. The molecule has 0 unspecified atom stereocenters. The molecule has 0 saturated carbocycles. The van der Waals surface area contributed by atoms with Gasteiger partial charge in [-0.3, -0.25) is 9.59 Å². The van der Waals surface area contributed by atoms with Gasteiger partial charge >= 0.3 is 0 Å². The van der Waals surface area contributed by atoms with Crippen molar-refractivity contribution in [3.63, 3.8) is 0 Å². The summed E-state index contributed by atoms with van der Waals surface area (Å²) in [7, 11) is 0. The Kier molecular flexibility index (Phi) is 6.71. The van der Waals surface area contributed by atoms with Gasteiger partial charge in [0.2, 0.25) is 0 Å². The molecule has 0 atom stereocenters. The average molecular weight is 462 g/mol. The van der Waals surface area contributed by atoms with Gasteiger partial charge in [-0.05, 0) is 67.6 Å². The van der Waals surface area contributed by atoms with Crippen LogP contribution in [0.4, 0.5) is 5.69 Å². The summed E-state index contributed by atoms with van der Waals surface area (Å²) in [5.41, 5.74) is 0.630. The van der Waals surface area contributed by atoms with Crippen LogP contribution in [0.2, 0.25) is 5.02 Å². The van der Waals surface area contributed by atoms with Crippen LogP contribution >= 0.6 is 11.6 Å². The van der Waals surface area contributed by atoms with E-state index >= 15 is 0 Å². The Labute approximate surface area is 195 Å². The fourth-order valence-electron chi connectivity index (χ4n) is 3.06. The van der Waals surface area contributed by atoms with Crippen LogP contribution in [0, 0.1) is 0 Å². The van der Waals surface area contributed by atoms with E-state index in [1.165, 1.54) is 16.8 Å². The number of para-hydroxylation sites is 1. The number of ether oxygens (including phenoxy) is 2. The van der Waals surface area contributed by atoms with Crippen molar-refractivity contribution < 1.29 is 14.3 Å². The Morgan fingerprint density at radius 1 is 0.970 bits per heavy atom. The summed E-state index contributed by atoms with van der Waals surface area (Å²) in [5, 5.41) is 7.40. The molecule has 0 bridgehead atoms. The second kappa shape index (κ2) is 10.0. The molecule has 0 spiro atoms. The monoisotopic (exact) mass is 461 g/mol. The summed E-state index contributed by atoms with van der Waals surface area (Å²) in [4.78, 5) is 25.2. The maximum atomic E-state index is 12.9. The summed E-state index contributed by atoms with van der Waals surface area (Å²) in [6, 6.07) is 23.6. The number of benzene rings is 3. The number of aromatic nitrogens is 2. The lowest BCUT2D eigenvalue weighted by Gasteiger charge is -2.13. The molecule has 33 heavy (non-hydrogen) atoms. The number of halogens is 1. The summed E-state index contributed by atoms with van der Waals surface area (Å²) in [6.07, 6.45) is 0. The molecule has 0 aliphatic rings. The van der Waals surface area contributed by atoms with E-state index in [0.29, 0.717) is 34.5 Å². The molecule has 7 nitrogen and oxygen atoms in total. The molecule has 1 amide bonds. The lowest BCUT2D eigenvalue weighted by atomic mass is 10.2. The number of hydrogen-bond acceptors (Lipinski definition) is 5. The third-order valence-corrected chi connectivity index (χ3v) is 4.82. The van der Waals surface area contributed by atoms with Gasteiger partial charge in [-0.2, -0.15) is 9.78 Å². The van der Waals surface area contributed by atoms with E-state index in [2.05, 4.69) is 10.4 Å². The van der Waals surface area contributed by atoms with E-state index in [9.17, 15) is 9.59 Å². The molecule has 0 fully saturated rings. The number of rotatable bonds is 7. The first kappa shape index (κ1) is 22.1. The lowest BCUT2D eigenvalue weighted by molar-refractivity contribution is 0.102. The number of nitrogens with zero attached hydrogens (tertiary/aromatic N) is 2. The molecule has 0 radical (unpaired) electrons. The smallest absolute Gasteiger partial charge is 0.276 e. The molecular formula is C25H20ClN3O4. The zero-order valence-electron chi connectivity index (χ0n) is 17.7. The molecule has 1 heterocycles. The summed E-state index contributed by atoms with van der Waals surface area (Å²) >= 11 is 6.15. The van der Waals surface area contributed by atoms with E-state index in [4.69, 9.17) is 21.1 Å². The Balaban J connectivity index is 1.58. The second-order valence-corrected chi connectivity index (χ2v) is 7.34. The van der Waals surface area contributed by atoms with Crippen molar-refractivity contribution in [1.29, 1.82) is 0 Å². The third-order valence-electron chi connectivity index (χ3n) is 4.59. The fourth-order valence-corrected chi connectivity index (χ4v) is 3.23. The Morgan fingerprint density at radius 2 is 1.70 bits per heavy atom. The summed E-state index contributed by atoms with van der Waals surface area (Å²) in [6.45, 7) is 2.48. The van der Waals surface area contributed by atoms with E-state index in [0.717, 1.165) is 5.75 Å². The number of hydrogen-bond donors (Lipinski definition) is 1. The molecule has 3 aromatic carbocycles. The van der Waals surface area contributed by atoms with E-state index in [-0.39, 0.29) is 11.3 Å². The standard InChI is InChI=1S/C25H20ClN3O4/c1-2-32-19-9-11-20(12-10-19)33-23-14-8-17(26)16-22(23)27-25(31)21-13-15-24(30)29(28-21)18-6-4-3-5-7-18/h3-16H,2H2,1H3,(H,27,31). The van der Waals surface area contributed by atoms with Gasteiger partial charge in [0.25, 0.3) is 11.5 Å². The topological polar surface area (TPSA) is 82.5 Å². The third kappa shape index (κ3) is 5.39. The Hall–Kier alpha value is -4.10. The molecule has 0 aliphatic carbocycles. The molecule has 0 aliphatic heterocycles. The minimum atomic E-state index is -0.515. The number of amides is 1. The number of anilines is 1. The van der Waals surface area contributed by atoms with Crippen molar-refractivity contribution in [2.24, 2.45) is 0 Å². The predicted octanol–water partition coefficient (Wildman–Crippen LogP) is 5.33. The van der Waals surface area contributed by atoms with Crippen molar-refractivity contribution in [3.05, 3.63) is 106 Å². The average Bonchev–Trinajstić information content (AvgIpc) is 2.83. The van der Waals surface area contributed by atoms with Crippen LogP contribution in [0.5, 0.6) is 17.2 Å². The normalized spacial score (nSPS) is 10.5. The quantitative estimate of drug-likeness (QED) is 0.402. The van der Waals surface area contributed by atoms with Crippen LogP contribution in [0.1, 0.15) is 17.4 Å². The number of carbonyl (C=O) groups is 1. The molecule has 4 rings (SSSR count). The van der Waals surface area contributed by atoms with Gasteiger partial charge in [0.1, 0.15) is 17.2 Å². The minimum Gasteiger partial charge on any atom is -0.494 e. The van der Waals surface area contributed by atoms with Gasteiger partial charge in [0.15, 0.2) is 5.75 Å². The van der Waals surface area contributed by atoms with Gasteiger partial charge in [0, 0.05) is 11.1 Å². The van der Waals surface area contributed by atoms with E-state index < -0.39 is 5.91 Å². The van der Waals surface area contributed by atoms with Crippen LogP contribution < -0.4 is 20.3 Å². The maximum Gasteiger partial charge on any atom is 0.276 e. The predicted molar refractivity (Wildman–Crippen MR) is 127 cm³/mol. The zero-order valence-corrected chi connectivity index (χ0v) is 18.5.